The molecule has 0 saturated heterocycles. The van der Waals surface area contributed by atoms with Crippen LogP contribution in [0.2, 0.25) is 0 Å². The van der Waals surface area contributed by atoms with Crippen LogP contribution >= 0.6 is 27.7 Å². The van der Waals surface area contributed by atoms with Gasteiger partial charge in [0.25, 0.3) is 5.91 Å². The number of amides is 1. The number of aliphatic imine (C=N–C) groups is 1. The zero-order chi connectivity index (χ0) is 24.5. The Hall–Kier alpha value is -3.36. The Labute approximate surface area is 216 Å². The number of hydrazone groups is 1. The number of phenolic OH excluding ortho intramolecular Hbond substituents is 1. The number of carbonyl (C=O) groups is 1. The molecule has 8 heteroatoms. The van der Waals surface area contributed by atoms with E-state index in [0.29, 0.717) is 22.1 Å². The number of anilines is 1. The van der Waals surface area contributed by atoms with E-state index in [9.17, 15) is 9.90 Å². The molecule has 3 aromatic carbocycles. The number of amidine groups is 1. The van der Waals surface area contributed by atoms with Crippen LogP contribution in [-0.2, 0) is 4.79 Å². The van der Waals surface area contributed by atoms with Crippen molar-refractivity contribution in [3.63, 3.8) is 0 Å². The molecule has 0 aliphatic carbocycles. The molecule has 0 spiro atoms. The lowest BCUT2D eigenvalue weighted by molar-refractivity contribution is -0.113. The van der Waals surface area contributed by atoms with Gasteiger partial charge in [-0.3, -0.25) is 4.79 Å². The van der Waals surface area contributed by atoms with Crippen LogP contribution in [0, 0.1) is 0 Å². The number of nitrogens with zero attached hydrogens (tertiary/aromatic N) is 4. The van der Waals surface area contributed by atoms with E-state index in [4.69, 9.17) is 5.10 Å². The van der Waals surface area contributed by atoms with Crippen LogP contribution in [0.25, 0.3) is 6.08 Å². The maximum Gasteiger partial charge on any atom is 0.286 e. The number of rotatable bonds is 4. The van der Waals surface area contributed by atoms with Gasteiger partial charge in [0.05, 0.1) is 16.7 Å². The number of hydrogen-bond acceptors (Lipinski definition) is 6. The summed E-state index contributed by atoms with van der Waals surface area (Å²) in [5.74, 6) is -0.235. The smallest absolute Gasteiger partial charge is 0.286 e. The summed E-state index contributed by atoms with van der Waals surface area (Å²) >= 11 is 4.69. The third-order valence-electron chi connectivity index (χ3n) is 5.89. The molecule has 3 aromatic rings. The second-order valence-corrected chi connectivity index (χ2v) is 10.4. The minimum Gasteiger partial charge on any atom is -0.507 e. The lowest BCUT2D eigenvalue weighted by atomic mass is 9.98. The van der Waals surface area contributed by atoms with Crippen molar-refractivity contribution in [1.29, 1.82) is 0 Å². The Bertz CT molecular complexity index is 1370. The van der Waals surface area contributed by atoms with Crippen molar-refractivity contribution in [2.45, 2.75) is 12.5 Å². The molecule has 176 valence electrons. The van der Waals surface area contributed by atoms with Crippen LogP contribution in [-0.4, -0.2) is 41.0 Å². The van der Waals surface area contributed by atoms with E-state index < -0.39 is 0 Å². The molecule has 0 fully saturated rings. The van der Waals surface area contributed by atoms with E-state index in [1.807, 2.05) is 49.4 Å². The molecule has 5 rings (SSSR count). The largest absolute Gasteiger partial charge is 0.507 e. The molecule has 2 aliphatic heterocycles. The van der Waals surface area contributed by atoms with E-state index in [2.05, 4.69) is 50.1 Å². The van der Waals surface area contributed by atoms with Gasteiger partial charge in [0.1, 0.15) is 5.75 Å². The molecule has 1 atom stereocenters. The minimum absolute atomic E-state index is 0.0842. The zero-order valence-electron chi connectivity index (χ0n) is 19.2. The fourth-order valence-corrected chi connectivity index (χ4v) is 5.31. The van der Waals surface area contributed by atoms with Gasteiger partial charge in [0.15, 0.2) is 5.17 Å². The van der Waals surface area contributed by atoms with Gasteiger partial charge >= 0.3 is 0 Å². The van der Waals surface area contributed by atoms with Gasteiger partial charge in [-0.25, -0.2) is 5.01 Å². The molecule has 0 saturated carbocycles. The molecule has 0 bridgehead atoms. The van der Waals surface area contributed by atoms with Crippen LogP contribution in [0.3, 0.4) is 0 Å². The highest BCUT2D eigenvalue weighted by molar-refractivity contribution is 9.10. The van der Waals surface area contributed by atoms with Gasteiger partial charge in [0.2, 0.25) is 0 Å². The molecular formula is C27H23BrN4O2S. The molecule has 0 aromatic heterocycles. The summed E-state index contributed by atoms with van der Waals surface area (Å²) in [5.41, 5.74) is 4.77. The van der Waals surface area contributed by atoms with E-state index in [1.54, 1.807) is 24.3 Å². The summed E-state index contributed by atoms with van der Waals surface area (Å²) in [6.45, 7) is 0. The van der Waals surface area contributed by atoms with Gasteiger partial charge in [0, 0.05) is 36.2 Å². The number of aromatic hydroxyl groups is 1. The molecule has 0 radical (unpaired) electrons. The van der Waals surface area contributed by atoms with Crippen molar-refractivity contribution in [3.8, 4) is 5.75 Å². The summed E-state index contributed by atoms with van der Waals surface area (Å²) < 4.78 is 0.816. The van der Waals surface area contributed by atoms with Crippen molar-refractivity contribution >= 4 is 56.2 Å². The maximum absolute atomic E-state index is 12.8. The Kier molecular flexibility index (Phi) is 6.49. The Morgan fingerprint density at radius 1 is 1.09 bits per heavy atom. The van der Waals surface area contributed by atoms with Gasteiger partial charge in [-0.15, -0.1) is 0 Å². The molecule has 2 aliphatic rings. The molecule has 1 unspecified atom stereocenters. The van der Waals surface area contributed by atoms with Crippen LogP contribution in [0.1, 0.15) is 29.2 Å². The highest BCUT2D eigenvalue weighted by atomic mass is 79.9. The lowest BCUT2D eigenvalue weighted by Gasteiger charge is -2.23. The monoisotopic (exact) mass is 546 g/mol. The Morgan fingerprint density at radius 3 is 2.54 bits per heavy atom. The Morgan fingerprint density at radius 2 is 1.83 bits per heavy atom. The minimum atomic E-state index is -0.338. The lowest BCUT2D eigenvalue weighted by Crippen LogP contribution is -2.23. The number of thioether (sulfide) groups is 1. The van der Waals surface area contributed by atoms with Crippen molar-refractivity contribution in [2.24, 2.45) is 10.1 Å². The number of carbonyl (C=O) groups excluding carboxylic acids is 1. The predicted molar refractivity (Wildman–Crippen MR) is 147 cm³/mol. The first kappa shape index (κ1) is 23.4. The normalized spacial score (nSPS) is 18.7. The number of benzene rings is 3. The van der Waals surface area contributed by atoms with Gasteiger partial charge in [-0.05, 0) is 59.3 Å². The number of halogens is 1. The standard InChI is InChI=1S/C27H23BrN4O2S/c1-31(2)21-11-8-18(9-12-21)23-16-22(17-6-4-3-5-7-17)30-32(23)27-29-26(34)25(35-27)15-19-14-20(28)10-13-24(19)33/h3-15,23,33H,16H2,1-2H3/b25-15-. The molecule has 1 N–H and O–H groups in total. The number of phenols is 1. The van der Waals surface area contributed by atoms with Gasteiger partial charge in [-0.1, -0.05) is 58.4 Å². The number of hydrogen-bond donors (Lipinski definition) is 1. The third kappa shape index (κ3) is 4.90. The molecule has 6 nitrogen and oxygen atoms in total. The van der Waals surface area contributed by atoms with Crippen LogP contribution in [0.15, 0.2) is 92.3 Å². The quantitative estimate of drug-likeness (QED) is 0.404. The van der Waals surface area contributed by atoms with Crippen LogP contribution in [0.5, 0.6) is 5.75 Å². The first-order chi connectivity index (χ1) is 16.9. The molecular weight excluding hydrogens is 524 g/mol. The molecule has 2 heterocycles. The van der Waals surface area contributed by atoms with E-state index in [-0.39, 0.29) is 17.7 Å². The van der Waals surface area contributed by atoms with E-state index >= 15 is 0 Å². The molecule has 35 heavy (non-hydrogen) atoms. The summed E-state index contributed by atoms with van der Waals surface area (Å²) in [5, 5.41) is 17.5. The zero-order valence-corrected chi connectivity index (χ0v) is 21.6. The predicted octanol–water partition coefficient (Wildman–Crippen LogP) is 6.04. The maximum atomic E-state index is 12.8. The van der Waals surface area contributed by atoms with Crippen LogP contribution < -0.4 is 4.90 Å². The van der Waals surface area contributed by atoms with Gasteiger partial charge in [-0.2, -0.15) is 10.1 Å². The van der Waals surface area contributed by atoms with Gasteiger partial charge < -0.3 is 10.0 Å². The average molecular weight is 547 g/mol. The van der Waals surface area contributed by atoms with Crippen molar-refractivity contribution in [1.82, 2.24) is 5.01 Å². The highest BCUT2D eigenvalue weighted by Crippen LogP contribution is 2.40. The summed E-state index contributed by atoms with van der Waals surface area (Å²) in [6, 6.07) is 23.5. The van der Waals surface area contributed by atoms with Crippen molar-refractivity contribution in [3.05, 3.63) is 98.9 Å². The van der Waals surface area contributed by atoms with Crippen molar-refractivity contribution in [2.75, 3.05) is 19.0 Å². The second-order valence-electron chi connectivity index (χ2n) is 8.48. The first-order valence-electron chi connectivity index (χ1n) is 11.1. The second kappa shape index (κ2) is 9.71. The average Bonchev–Trinajstić information content (AvgIpc) is 3.46. The topological polar surface area (TPSA) is 68.5 Å². The summed E-state index contributed by atoms with van der Waals surface area (Å²) in [6.07, 6.45) is 2.37. The van der Waals surface area contributed by atoms with Crippen molar-refractivity contribution < 1.29 is 9.90 Å². The third-order valence-corrected chi connectivity index (χ3v) is 7.36. The summed E-state index contributed by atoms with van der Waals surface area (Å²) in [4.78, 5) is 19.6. The fraction of sp³-hybridized carbons (Fsp3) is 0.148. The molecule has 1 amide bonds. The first-order valence-corrected chi connectivity index (χ1v) is 12.7. The van der Waals surface area contributed by atoms with E-state index in [1.165, 1.54) is 11.8 Å². The Balaban J connectivity index is 1.48. The highest BCUT2D eigenvalue weighted by Gasteiger charge is 2.36. The summed E-state index contributed by atoms with van der Waals surface area (Å²) in [7, 11) is 4.03. The van der Waals surface area contributed by atoms with Crippen LogP contribution in [0.4, 0.5) is 5.69 Å². The fourth-order valence-electron chi connectivity index (χ4n) is 4.02. The SMILES string of the molecule is CN(C)c1ccc(C2CC(c3ccccc3)=NN2C2=NC(=O)/C(=C/c3cc(Br)ccc3O)S2)cc1. The van der Waals surface area contributed by atoms with E-state index in [0.717, 1.165) is 27.0 Å².